The summed E-state index contributed by atoms with van der Waals surface area (Å²) in [7, 11) is -2.19. The number of halogens is 3. The van der Waals surface area contributed by atoms with Gasteiger partial charge in [0.25, 0.3) is 0 Å². The normalized spacial score (nSPS) is 21.3. The Morgan fingerprint density at radius 2 is 1.89 bits per heavy atom. The summed E-state index contributed by atoms with van der Waals surface area (Å²) in [5.74, 6) is -1.05. The van der Waals surface area contributed by atoms with E-state index in [0.29, 0.717) is 25.7 Å². The molecule has 0 atom stereocenters. The lowest BCUT2D eigenvalue weighted by Crippen LogP contribution is -2.25. The first-order chi connectivity index (χ1) is 8.72. The van der Waals surface area contributed by atoms with E-state index in [9.17, 15) is 21.6 Å². The lowest BCUT2D eigenvalue weighted by atomic mass is 9.89. The highest BCUT2D eigenvalue weighted by molar-refractivity contribution is 7.91. The number of rotatable bonds is 5. The molecule has 0 bridgehead atoms. The summed E-state index contributed by atoms with van der Waals surface area (Å²) in [4.78, 5) is 4.64. The molecule has 1 aliphatic carbocycles. The van der Waals surface area contributed by atoms with Crippen molar-refractivity contribution in [2.75, 3.05) is 18.6 Å². The van der Waals surface area contributed by atoms with E-state index in [-0.39, 0.29) is 11.7 Å². The zero-order valence-corrected chi connectivity index (χ0v) is 11.6. The van der Waals surface area contributed by atoms with Crippen molar-refractivity contribution in [3.8, 4) is 0 Å². The van der Waals surface area contributed by atoms with E-state index in [2.05, 4.69) is 9.99 Å². The Balaban J connectivity index is 2.41. The second-order valence-corrected chi connectivity index (χ2v) is 6.99. The summed E-state index contributed by atoms with van der Waals surface area (Å²) in [6.45, 7) is 0. The van der Waals surface area contributed by atoms with Crippen LogP contribution in [-0.4, -0.2) is 38.9 Å². The molecule has 0 amide bonds. The molecule has 0 aromatic carbocycles. The van der Waals surface area contributed by atoms with Crippen molar-refractivity contribution < 1.29 is 26.4 Å². The molecule has 0 spiro atoms. The molecule has 0 unspecified atom stereocenters. The van der Waals surface area contributed by atoms with Crippen LogP contribution in [0.15, 0.2) is 5.16 Å². The maximum absolute atomic E-state index is 12.0. The Morgan fingerprint density at radius 3 is 2.37 bits per heavy atom. The molecule has 1 fully saturated rings. The predicted molar refractivity (Wildman–Crippen MR) is 65.7 cm³/mol. The summed E-state index contributed by atoms with van der Waals surface area (Å²) in [6.07, 6.45) is -3.13. The maximum atomic E-state index is 12.0. The first-order valence-corrected chi connectivity index (χ1v) is 7.90. The fourth-order valence-corrected chi connectivity index (χ4v) is 3.87. The minimum atomic E-state index is -4.42. The standard InChI is InChI=1S/C11H18F3NO3S/c1-18-15-10-4-2-9(3-5-10)8-19(16,17)7-6-11(12,13)14/h9H,2-8H2,1H3. The lowest BCUT2D eigenvalue weighted by molar-refractivity contribution is -0.129. The van der Waals surface area contributed by atoms with Crippen LogP contribution >= 0.6 is 0 Å². The fourth-order valence-electron chi connectivity index (χ4n) is 2.11. The summed E-state index contributed by atoms with van der Waals surface area (Å²) < 4.78 is 59.2. The Kier molecular flexibility index (Phi) is 5.64. The lowest BCUT2D eigenvalue weighted by Gasteiger charge is -2.22. The first kappa shape index (κ1) is 16.3. The topological polar surface area (TPSA) is 55.7 Å². The molecule has 0 heterocycles. The van der Waals surface area contributed by atoms with E-state index < -0.39 is 28.2 Å². The molecule has 19 heavy (non-hydrogen) atoms. The van der Waals surface area contributed by atoms with Gasteiger partial charge in [-0.3, -0.25) is 0 Å². The van der Waals surface area contributed by atoms with E-state index in [4.69, 9.17) is 0 Å². The smallest absolute Gasteiger partial charge is 0.390 e. The maximum Gasteiger partial charge on any atom is 0.390 e. The molecule has 1 rings (SSSR count). The second kappa shape index (κ2) is 6.58. The van der Waals surface area contributed by atoms with Crippen molar-refractivity contribution in [2.24, 2.45) is 11.1 Å². The molecule has 4 nitrogen and oxygen atoms in total. The Morgan fingerprint density at radius 1 is 1.32 bits per heavy atom. The molecule has 0 radical (unpaired) electrons. The van der Waals surface area contributed by atoms with E-state index in [1.54, 1.807) is 0 Å². The third-order valence-corrected chi connectivity index (χ3v) is 4.89. The van der Waals surface area contributed by atoms with Crippen molar-refractivity contribution in [2.45, 2.75) is 38.3 Å². The van der Waals surface area contributed by atoms with Gasteiger partial charge in [0, 0.05) is 0 Å². The first-order valence-electron chi connectivity index (χ1n) is 6.08. The monoisotopic (exact) mass is 301 g/mol. The highest BCUT2D eigenvalue weighted by atomic mass is 32.2. The molecular formula is C11H18F3NO3S. The van der Waals surface area contributed by atoms with Gasteiger partial charge in [-0.2, -0.15) is 13.2 Å². The number of sulfone groups is 1. The molecule has 8 heteroatoms. The summed E-state index contributed by atoms with van der Waals surface area (Å²) >= 11 is 0. The van der Waals surface area contributed by atoms with Crippen molar-refractivity contribution in [3.63, 3.8) is 0 Å². The minimum Gasteiger partial charge on any atom is -0.399 e. The predicted octanol–water partition coefficient (Wildman–Crippen LogP) is 2.55. The van der Waals surface area contributed by atoms with Gasteiger partial charge >= 0.3 is 6.18 Å². The van der Waals surface area contributed by atoms with E-state index in [1.807, 2.05) is 0 Å². The molecule has 0 aliphatic heterocycles. The van der Waals surface area contributed by atoms with Gasteiger partial charge in [0.05, 0.1) is 23.6 Å². The molecule has 112 valence electrons. The molecular weight excluding hydrogens is 283 g/mol. The van der Waals surface area contributed by atoms with Gasteiger partial charge < -0.3 is 4.84 Å². The second-order valence-electron chi connectivity index (χ2n) is 4.76. The number of hydrogen-bond donors (Lipinski definition) is 0. The fraction of sp³-hybridized carbons (Fsp3) is 0.909. The average molecular weight is 301 g/mol. The van der Waals surface area contributed by atoms with Gasteiger partial charge in [-0.25, -0.2) is 8.42 Å². The van der Waals surface area contributed by atoms with E-state index in [1.165, 1.54) is 7.11 Å². The summed E-state index contributed by atoms with van der Waals surface area (Å²) in [5, 5.41) is 3.80. The van der Waals surface area contributed by atoms with Crippen LogP contribution in [-0.2, 0) is 14.7 Å². The number of hydrogen-bond acceptors (Lipinski definition) is 4. The number of oxime groups is 1. The molecule has 0 saturated heterocycles. The number of nitrogens with zero attached hydrogens (tertiary/aromatic N) is 1. The van der Waals surface area contributed by atoms with Crippen LogP contribution in [0.5, 0.6) is 0 Å². The summed E-state index contributed by atoms with van der Waals surface area (Å²) in [5.41, 5.74) is 0.881. The third kappa shape index (κ3) is 6.79. The molecule has 1 aliphatic rings. The van der Waals surface area contributed by atoms with Crippen LogP contribution < -0.4 is 0 Å². The van der Waals surface area contributed by atoms with Crippen molar-refractivity contribution >= 4 is 15.5 Å². The third-order valence-electron chi connectivity index (χ3n) is 3.09. The van der Waals surface area contributed by atoms with Gasteiger partial charge in [0.15, 0.2) is 9.84 Å². The molecule has 0 N–H and O–H groups in total. The SMILES string of the molecule is CON=C1CCC(CS(=O)(=O)CCC(F)(F)F)CC1. The van der Waals surface area contributed by atoms with Crippen LogP contribution in [0.3, 0.4) is 0 Å². The van der Waals surface area contributed by atoms with Crippen LogP contribution in [0, 0.1) is 5.92 Å². The van der Waals surface area contributed by atoms with Gasteiger partial charge in [-0.15, -0.1) is 0 Å². The van der Waals surface area contributed by atoms with E-state index in [0.717, 1.165) is 5.71 Å². The largest absolute Gasteiger partial charge is 0.399 e. The zero-order valence-electron chi connectivity index (χ0n) is 10.7. The van der Waals surface area contributed by atoms with Crippen LogP contribution in [0.4, 0.5) is 13.2 Å². The van der Waals surface area contributed by atoms with Gasteiger partial charge in [0.2, 0.25) is 0 Å². The highest BCUT2D eigenvalue weighted by Gasteiger charge is 2.31. The van der Waals surface area contributed by atoms with Gasteiger partial charge in [-0.05, 0) is 31.6 Å². The van der Waals surface area contributed by atoms with Crippen molar-refractivity contribution in [1.82, 2.24) is 0 Å². The Bertz CT molecular complexity index is 407. The highest BCUT2D eigenvalue weighted by Crippen LogP contribution is 2.26. The zero-order chi connectivity index (χ0) is 14.5. The minimum absolute atomic E-state index is 0.0750. The summed E-state index contributed by atoms with van der Waals surface area (Å²) in [6, 6.07) is 0. The van der Waals surface area contributed by atoms with Crippen LogP contribution in [0.2, 0.25) is 0 Å². The number of alkyl halides is 3. The van der Waals surface area contributed by atoms with Crippen LogP contribution in [0.1, 0.15) is 32.1 Å². The molecule has 0 aromatic heterocycles. The molecule has 1 saturated carbocycles. The van der Waals surface area contributed by atoms with Gasteiger partial charge in [0.1, 0.15) is 7.11 Å². The van der Waals surface area contributed by atoms with Crippen LogP contribution in [0.25, 0.3) is 0 Å². The van der Waals surface area contributed by atoms with Crippen molar-refractivity contribution in [3.05, 3.63) is 0 Å². The van der Waals surface area contributed by atoms with Gasteiger partial charge in [-0.1, -0.05) is 5.16 Å². The Hall–Kier alpha value is -0.790. The molecule has 0 aromatic rings. The van der Waals surface area contributed by atoms with Crippen molar-refractivity contribution in [1.29, 1.82) is 0 Å². The average Bonchev–Trinajstić information content (AvgIpc) is 2.29. The van der Waals surface area contributed by atoms with E-state index >= 15 is 0 Å². The Labute approximate surface area is 110 Å². The quantitative estimate of drug-likeness (QED) is 0.733.